The van der Waals surface area contributed by atoms with Crippen molar-refractivity contribution >= 4 is 0 Å². The molecule has 1 heterocycles. The number of aromatic amines is 1. The van der Waals surface area contributed by atoms with Crippen LogP contribution in [0.1, 0.15) is 16.7 Å². The molecule has 0 spiro atoms. The second-order valence-electron chi connectivity index (χ2n) is 8.20. The van der Waals surface area contributed by atoms with Gasteiger partial charge >= 0.3 is 5.69 Å². The predicted molar refractivity (Wildman–Crippen MR) is 136 cm³/mol. The lowest BCUT2D eigenvalue weighted by atomic mass is 9.80. The molecule has 2 N–H and O–H groups in total. The Labute approximate surface area is 208 Å². The van der Waals surface area contributed by atoms with E-state index >= 15 is 0 Å². The molecular formula is C28H28N2O6. The Balaban J connectivity index is 1.79. The number of ether oxygens (including phenoxy) is 3. The first-order chi connectivity index (χ1) is 17.5. The normalized spacial score (nSPS) is 12.2. The molecule has 0 radical (unpaired) electrons. The summed E-state index contributed by atoms with van der Waals surface area (Å²) in [6, 6.07) is 25.9. The molecule has 36 heavy (non-hydrogen) atoms. The fourth-order valence-corrected chi connectivity index (χ4v) is 4.18. The number of nitrogens with one attached hydrogen (secondary N) is 1. The summed E-state index contributed by atoms with van der Waals surface area (Å²) in [6.07, 6.45) is 0.142. The summed E-state index contributed by atoms with van der Waals surface area (Å²) in [6.45, 7) is -0.376. The van der Waals surface area contributed by atoms with E-state index in [1.54, 1.807) is 14.2 Å². The third-order valence-corrected chi connectivity index (χ3v) is 6.00. The summed E-state index contributed by atoms with van der Waals surface area (Å²) in [4.78, 5) is 26.7. The molecule has 1 atom stereocenters. The van der Waals surface area contributed by atoms with Crippen molar-refractivity contribution in [3.63, 3.8) is 0 Å². The standard InChI is InChI=1S/C28H28N2O6/c1-34-24-12-8-21(9-13-24)28(20-6-4-3-5-7-20,22-10-14-25(35-2)15-11-22)36-19-23(31)18-30-26(32)16-17-29-27(30)33/h3-17,23,31H,18-19H2,1-2H3,(H,29,33)/t23-/m1/s1. The van der Waals surface area contributed by atoms with Crippen molar-refractivity contribution in [2.45, 2.75) is 18.2 Å². The fourth-order valence-electron chi connectivity index (χ4n) is 4.18. The average Bonchev–Trinajstić information content (AvgIpc) is 2.92. The van der Waals surface area contributed by atoms with E-state index < -0.39 is 23.0 Å². The van der Waals surface area contributed by atoms with Crippen molar-refractivity contribution < 1.29 is 19.3 Å². The third-order valence-electron chi connectivity index (χ3n) is 6.00. The number of H-pyrrole nitrogens is 1. The van der Waals surface area contributed by atoms with Crippen LogP contribution in [0.25, 0.3) is 0 Å². The number of nitrogens with zero attached hydrogens (tertiary/aromatic N) is 1. The first-order valence-electron chi connectivity index (χ1n) is 11.4. The first-order valence-corrected chi connectivity index (χ1v) is 11.4. The van der Waals surface area contributed by atoms with Crippen molar-refractivity contribution in [1.29, 1.82) is 0 Å². The van der Waals surface area contributed by atoms with Gasteiger partial charge in [0.2, 0.25) is 0 Å². The van der Waals surface area contributed by atoms with E-state index in [0.29, 0.717) is 11.5 Å². The van der Waals surface area contributed by atoms with Gasteiger partial charge in [-0.15, -0.1) is 0 Å². The Morgan fingerprint density at radius 3 is 1.83 bits per heavy atom. The van der Waals surface area contributed by atoms with Crippen LogP contribution in [0.2, 0.25) is 0 Å². The van der Waals surface area contributed by atoms with Crippen LogP contribution in [0.4, 0.5) is 0 Å². The molecule has 0 saturated carbocycles. The van der Waals surface area contributed by atoms with Crippen LogP contribution in [0.3, 0.4) is 0 Å². The molecule has 4 rings (SSSR count). The molecule has 186 valence electrons. The third kappa shape index (κ3) is 5.10. The molecule has 4 aromatic rings. The first kappa shape index (κ1) is 25.0. The van der Waals surface area contributed by atoms with Crippen LogP contribution in [0.15, 0.2) is 101 Å². The van der Waals surface area contributed by atoms with Crippen LogP contribution in [0.5, 0.6) is 11.5 Å². The van der Waals surface area contributed by atoms with Crippen molar-refractivity contribution in [3.8, 4) is 11.5 Å². The maximum Gasteiger partial charge on any atom is 0.328 e. The highest BCUT2D eigenvalue weighted by Gasteiger charge is 2.38. The van der Waals surface area contributed by atoms with Gasteiger partial charge in [0.15, 0.2) is 0 Å². The summed E-state index contributed by atoms with van der Waals surface area (Å²) in [5.41, 5.74) is 0.235. The summed E-state index contributed by atoms with van der Waals surface area (Å²) in [5.74, 6) is 1.39. The lowest BCUT2D eigenvalue weighted by molar-refractivity contribution is -0.0428. The van der Waals surface area contributed by atoms with Crippen LogP contribution < -0.4 is 20.7 Å². The summed E-state index contributed by atoms with van der Waals surface area (Å²) in [7, 11) is 3.20. The zero-order valence-corrected chi connectivity index (χ0v) is 20.1. The molecule has 1 aromatic heterocycles. The number of aromatic nitrogens is 2. The number of hydrogen-bond acceptors (Lipinski definition) is 6. The lowest BCUT2D eigenvalue weighted by Crippen LogP contribution is -2.41. The van der Waals surface area contributed by atoms with Gasteiger partial charge < -0.3 is 24.3 Å². The molecule has 0 bridgehead atoms. The Morgan fingerprint density at radius 2 is 1.33 bits per heavy atom. The molecule has 0 unspecified atom stereocenters. The smallest absolute Gasteiger partial charge is 0.328 e. The zero-order valence-electron chi connectivity index (χ0n) is 20.1. The highest BCUT2D eigenvalue weighted by atomic mass is 16.5. The number of methoxy groups -OCH3 is 2. The van der Waals surface area contributed by atoms with Crippen molar-refractivity contribution in [2.75, 3.05) is 20.8 Å². The number of hydrogen-bond donors (Lipinski definition) is 2. The van der Waals surface area contributed by atoms with E-state index in [4.69, 9.17) is 14.2 Å². The van der Waals surface area contributed by atoms with Gasteiger partial charge in [-0.2, -0.15) is 0 Å². The molecule has 8 heteroatoms. The molecule has 0 amide bonds. The monoisotopic (exact) mass is 488 g/mol. The van der Waals surface area contributed by atoms with Crippen LogP contribution in [-0.2, 0) is 16.9 Å². The molecular weight excluding hydrogens is 460 g/mol. The summed E-state index contributed by atoms with van der Waals surface area (Å²) < 4.78 is 18.2. The van der Waals surface area contributed by atoms with Gasteiger partial charge in [0.1, 0.15) is 17.1 Å². The van der Waals surface area contributed by atoms with Crippen LogP contribution >= 0.6 is 0 Å². The maximum atomic E-state index is 12.1. The summed E-state index contributed by atoms with van der Waals surface area (Å²) >= 11 is 0. The van der Waals surface area contributed by atoms with Crippen LogP contribution in [0, 0.1) is 0 Å². The zero-order chi connectivity index (χ0) is 25.5. The SMILES string of the molecule is COc1ccc(C(OC[C@H](O)Cn2c(=O)cc[nH]c2=O)(c2ccccc2)c2ccc(OC)cc2)cc1. The minimum Gasteiger partial charge on any atom is -0.497 e. The van der Waals surface area contributed by atoms with Gasteiger partial charge in [0.25, 0.3) is 5.56 Å². The Bertz CT molecular complexity index is 1300. The summed E-state index contributed by atoms with van der Waals surface area (Å²) in [5, 5.41) is 10.8. The molecule has 0 aliphatic heterocycles. The fraction of sp³-hybridized carbons (Fsp3) is 0.214. The van der Waals surface area contributed by atoms with E-state index in [0.717, 1.165) is 21.3 Å². The molecule has 8 nitrogen and oxygen atoms in total. The highest BCUT2D eigenvalue weighted by molar-refractivity contribution is 5.49. The average molecular weight is 489 g/mol. The van der Waals surface area contributed by atoms with E-state index in [1.165, 1.54) is 12.3 Å². The van der Waals surface area contributed by atoms with Gasteiger partial charge in [-0.25, -0.2) is 4.79 Å². The van der Waals surface area contributed by atoms with Crippen molar-refractivity contribution in [1.82, 2.24) is 9.55 Å². The molecule has 0 aliphatic rings. The molecule has 0 fully saturated rings. The van der Waals surface area contributed by atoms with E-state index in [-0.39, 0.29) is 13.2 Å². The number of aliphatic hydroxyl groups is 1. The Kier molecular flexibility index (Phi) is 7.68. The number of aliphatic hydroxyl groups excluding tert-OH is 1. The molecule has 0 aliphatic carbocycles. The largest absolute Gasteiger partial charge is 0.497 e. The van der Waals surface area contributed by atoms with Crippen molar-refractivity contribution in [3.05, 3.63) is 129 Å². The minimum absolute atomic E-state index is 0.159. The topological polar surface area (TPSA) is 103 Å². The predicted octanol–water partition coefficient (Wildman–Crippen LogP) is 2.92. The van der Waals surface area contributed by atoms with Gasteiger partial charge in [-0.3, -0.25) is 9.36 Å². The molecule has 3 aromatic carbocycles. The lowest BCUT2D eigenvalue weighted by Gasteiger charge is -2.36. The maximum absolute atomic E-state index is 12.1. The Morgan fingerprint density at radius 1 is 0.806 bits per heavy atom. The number of benzene rings is 3. The Hall–Kier alpha value is -4.14. The van der Waals surface area contributed by atoms with Crippen molar-refractivity contribution in [2.24, 2.45) is 0 Å². The van der Waals surface area contributed by atoms with E-state index in [9.17, 15) is 14.7 Å². The van der Waals surface area contributed by atoms with E-state index in [1.807, 2.05) is 78.9 Å². The van der Waals surface area contributed by atoms with Gasteiger partial charge in [0, 0.05) is 12.3 Å². The van der Waals surface area contributed by atoms with Crippen LogP contribution in [-0.4, -0.2) is 41.6 Å². The quantitative estimate of drug-likeness (QED) is 0.333. The molecule has 0 saturated heterocycles. The van der Waals surface area contributed by atoms with Gasteiger partial charge in [-0.1, -0.05) is 54.6 Å². The minimum atomic E-state index is -1.13. The van der Waals surface area contributed by atoms with Gasteiger partial charge in [0.05, 0.1) is 33.5 Å². The highest BCUT2D eigenvalue weighted by Crippen LogP contribution is 2.41. The second kappa shape index (κ2) is 11.1. The van der Waals surface area contributed by atoms with E-state index in [2.05, 4.69) is 4.98 Å². The second-order valence-corrected chi connectivity index (χ2v) is 8.20. The van der Waals surface area contributed by atoms with Gasteiger partial charge in [-0.05, 0) is 41.0 Å². The number of rotatable bonds is 10.